The summed E-state index contributed by atoms with van der Waals surface area (Å²) in [5.41, 5.74) is 11.5. The minimum Gasteiger partial charge on any atom is -0.129 e. The molecule has 2 heteroatoms. The average molecular weight is 207 g/mol. The highest BCUT2D eigenvalue weighted by Crippen LogP contribution is 2.18. The Morgan fingerprint density at radius 1 is 0.875 bits per heavy atom. The van der Waals surface area contributed by atoms with Crippen molar-refractivity contribution in [3.8, 4) is 0 Å². The quantitative estimate of drug-likeness (QED) is 0.546. The zero-order chi connectivity index (χ0) is 11.2. The highest BCUT2D eigenvalue weighted by molar-refractivity contribution is 5.80. The molecule has 1 radical (unpaired) electrons. The van der Waals surface area contributed by atoms with Crippen LogP contribution in [0.3, 0.4) is 0 Å². The summed E-state index contributed by atoms with van der Waals surface area (Å²) in [7, 11) is 0. The lowest BCUT2D eigenvalue weighted by Crippen LogP contribution is -1.80. The molecule has 16 heavy (non-hydrogen) atoms. The highest BCUT2D eigenvalue weighted by atomic mass is 15.0. The first-order valence-electron chi connectivity index (χ1n) is 5.07. The van der Waals surface area contributed by atoms with Crippen LogP contribution in [0.4, 0.5) is 0 Å². The molecule has 0 heterocycles. The number of benzene rings is 2. The van der Waals surface area contributed by atoms with Crippen LogP contribution in [0.5, 0.6) is 0 Å². The van der Waals surface area contributed by atoms with E-state index < -0.39 is 0 Å². The molecule has 0 aliphatic rings. The SMILES string of the molecule is [N]=NC(=Cc1ccccc1)c1ccccc1. The maximum Gasteiger partial charge on any atom is 0.0953 e. The summed E-state index contributed by atoms with van der Waals surface area (Å²) >= 11 is 0. The van der Waals surface area contributed by atoms with Crippen LogP contribution in [0.1, 0.15) is 11.1 Å². The van der Waals surface area contributed by atoms with Crippen molar-refractivity contribution < 1.29 is 0 Å². The van der Waals surface area contributed by atoms with E-state index in [1.165, 1.54) is 0 Å². The summed E-state index contributed by atoms with van der Waals surface area (Å²) < 4.78 is 0. The molecule has 0 aliphatic carbocycles. The van der Waals surface area contributed by atoms with E-state index in [9.17, 15) is 0 Å². The Labute approximate surface area is 94.8 Å². The summed E-state index contributed by atoms with van der Waals surface area (Å²) in [6, 6.07) is 19.4. The van der Waals surface area contributed by atoms with E-state index in [1.807, 2.05) is 66.7 Å². The molecule has 2 aromatic carbocycles. The summed E-state index contributed by atoms with van der Waals surface area (Å²) in [6.45, 7) is 0. The van der Waals surface area contributed by atoms with Crippen LogP contribution in [-0.2, 0) is 0 Å². The smallest absolute Gasteiger partial charge is 0.0953 e. The minimum atomic E-state index is 0.562. The Kier molecular flexibility index (Phi) is 3.24. The molecule has 0 bridgehead atoms. The molecule has 2 nitrogen and oxygen atoms in total. The summed E-state index contributed by atoms with van der Waals surface area (Å²) in [4.78, 5) is 0. The van der Waals surface area contributed by atoms with Crippen molar-refractivity contribution in [2.45, 2.75) is 0 Å². The van der Waals surface area contributed by atoms with Gasteiger partial charge >= 0.3 is 0 Å². The first-order chi connectivity index (χ1) is 7.90. The second kappa shape index (κ2) is 5.03. The van der Waals surface area contributed by atoms with E-state index >= 15 is 0 Å². The molecule has 0 atom stereocenters. The maximum absolute atomic E-state index is 9.00. The molecule has 0 N–H and O–H groups in total. The third-order valence-corrected chi connectivity index (χ3v) is 2.28. The van der Waals surface area contributed by atoms with Gasteiger partial charge in [-0.25, -0.2) is 0 Å². The van der Waals surface area contributed by atoms with Crippen molar-refractivity contribution >= 4 is 11.8 Å². The van der Waals surface area contributed by atoms with E-state index in [4.69, 9.17) is 5.53 Å². The van der Waals surface area contributed by atoms with Crippen molar-refractivity contribution in [2.75, 3.05) is 0 Å². The van der Waals surface area contributed by atoms with Crippen molar-refractivity contribution in [1.29, 1.82) is 0 Å². The first-order valence-corrected chi connectivity index (χ1v) is 5.07. The van der Waals surface area contributed by atoms with Crippen LogP contribution in [0.15, 0.2) is 65.8 Å². The molecule has 0 aliphatic heterocycles. The normalized spacial score (nSPS) is 11.1. The average Bonchev–Trinajstić information content (AvgIpc) is 2.38. The zero-order valence-corrected chi connectivity index (χ0v) is 8.75. The van der Waals surface area contributed by atoms with Gasteiger partial charge in [0.25, 0.3) is 0 Å². The van der Waals surface area contributed by atoms with E-state index in [0.29, 0.717) is 5.70 Å². The van der Waals surface area contributed by atoms with E-state index in [1.54, 1.807) is 0 Å². The largest absolute Gasteiger partial charge is 0.129 e. The lowest BCUT2D eigenvalue weighted by atomic mass is 10.1. The number of hydrogen-bond donors (Lipinski definition) is 0. The molecular weight excluding hydrogens is 196 g/mol. The molecule has 0 amide bonds. The summed E-state index contributed by atoms with van der Waals surface area (Å²) in [5, 5.41) is 3.31. The van der Waals surface area contributed by atoms with E-state index in [0.717, 1.165) is 11.1 Å². The molecule has 2 rings (SSSR count). The number of hydrogen-bond acceptors (Lipinski definition) is 1. The Morgan fingerprint density at radius 2 is 1.44 bits per heavy atom. The first kappa shape index (κ1) is 10.3. The van der Waals surface area contributed by atoms with Gasteiger partial charge in [0.2, 0.25) is 0 Å². The second-order valence-corrected chi connectivity index (χ2v) is 3.41. The van der Waals surface area contributed by atoms with Crippen LogP contribution < -0.4 is 5.53 Å². The highest BCUT2D eigenvalue weighted by Gasteiger charge is 1.99. The Balaban J connectivity index is 2.38. The zero-order valence-electron chi connectivity index (χ0n) is 8.75. The van der Waals surface area contributed by atoms with Crippen LogP contribution in [0.25, 0.3) is 11.8 Å². The topological polar surface area (TPSA) is 34.7 Å². The third kappa shape index (κ3) is 2.42. The van der Waals surface area contributed by atoms with Gasteiger partial charge < -0.3 is 0 Å². The molecule has 0 aromatic heterocycles. The predicted octanol–water partition coefficient (Wildman–Crippen LogP) is 3.44. The predicted molar refractivity (Wildman–Crippen MR) is 65.3 cm³/mol. The Morgan fingerprint density at radius 3 is 2.00 bits per heavy atom. The van der Waals surface area contributed by atoms with Gasteiger partial charge in [-0.3, -0.25) is 0 Å². The van der Waals surface area contributed by atoms with Gasteiger partial charge in [-0.1, -0.05) is 60.7 Å². The third-order valence-electron chi connectivity index (χ3n) is 2.28. The Hall–Kier alpha value is -2.22. The van der Waals surface area contributed by atoms with Gasteiger partial charge in [-0.05, 0) is 17.2 Å². The van der Waals surface area contributed by atoms with Crippen molar-refractivity contribution in [2.24, 2.45) is 5.11 Å². The molecule has 77 valence electrons. The van der Waals surface area contributed by atoms with Gasteiger partial charge in [-0.15, -0.1) is 5.11 Å². The van der Waals surface area contributed by atoms with Gasteiger partial charge in [0.1, 0.15) is 0 Å². The van der Waals surface area contributed by atoms with E-state index in [-0.39, 0.29) is 0 Å². The summed E-state index contributed by atoms with van der Waals surface area (Å²) in [5.74, 6) is 0. The standard InChI is InChI=1S/C14H11N2/c15-16-14(13-9-5-2-6-10-13)11-12-7-3-1-4-8-12/h1-11H. The maximum atomic E-state index is 9.00. The lowest BCUT2D eigenvalue weighted by Gasteiger charge is -1.99. The Bertz CT molecular complexity index is 487. The minimum absolute atomic E-state index is 0.562. The van der Waals surface area contributed by atoms with Crippen LogP contribution in [-0.4, -0.2) is 0 Å². The van der Waals surface area contributed by atoms with Crippen LogP contribution in [0.2, 0.25) is 0 Å². The number of nitrogens with zero attached hydrogens (tertiary/aromatic N) is 2. The second-order valence-electron chi connectivity index (χ2n) is 3.41. The van der Waals surface area contributed by atoms with Crippen molar-refractivity contribution in [3.05, 3.63) is 71.8 Å². The van der Waals surface area contributed by atoms with Gasteiger partial charge in [0.05, 0.1) is 5.70 Å². The molecule has 0 unspecified atom stereocenters. The molecule has 2 aromatic rings. The van der Waals surface area contributed by atoms with E-state index in [2.05, 4.69) is 5.11 Å². The van der Waals surface area contributed by atoms with Crippen molar-refractivity contribution in [3.63, 3.8) is 0 Å². The van der Waals surface area contributed by atoms with Crippen LogP contribution >= 0.6 is 0 Å². The summed E-state index contributed by atoms with van der Waals surface area (Å²) in [6.07, 6.45) is 1.84. The van der Waals surface area contributed by atoms with Crippen LogP contribution in [0, 0.1) is 0 Å². The van der Waals surface area contributed by atoms with Gasteiger partial charge in [0, 0.05) is 5.56 Å². The molecule has 0 saturated heterocycles. The van der Waals surface area contributed by atoms with Gasteiger partial charge in [0.15, 0.2) is 0 Å². The molecule has 0 saturated carbocycles. The fourth-order valence-corrected chi connectivity index (χ4v) is 1.49. The molecule has 0 fully saturated rings. The monoisotopic (exact) mass is 207 g/mol. The van der Waals surface area contributed by atoms with Crippen molar-refractivity contribution in [1.82, 2.24) is 5.53 Å². The molecular formula is C14H11N2. The fraction of sp³-hybridized carbons (Fsp3) is 0. The number of rotatable bonds is 3. The fourth-order valence-electron chi connectivity index (χ4n) is 1.49. The van der Waals surface area contributed by atoms with Gasteiger partial charge in [-0.2, -0.15) is 0 Å². The molecule has 0 spiro atoms. The lowest BCUT2D eigenvalue weighted by molar-refractivity contribution is 1.32.